The first-order chi connectivity index (χ1) is 9.06. The number of carbonyl (C=O) groups is 3. The minimum absolute atomic E-state index is 0.206. The van der Waals surface area contributed by atoms with E-state index in [9.17, 15) is 14.4 Å². The van der Waals surface area contributed by atoms with Gasteiger partial charge in [-0.05, 0) is 18.3 Å². The van der Waals surface area contributed by atoms with Gasteiger partial charge in [-0.15, -0.1) is 0 Å². The maximum Gasteiger partial charge on any atom is 0.322 e. The predicted octanol–water partition coefficient (Wildman–Crippen LogP) is 0.678. The SMILES string of the molecule is CC(C)CC(=O)NCC(=O)O.CC(C)CC(N)C(=O)O. The molecule has 0 saturated heterocycles. The van der Waals surface area contributed by atoms with Crippen LogP contribution in [0.25, 0.3) is 0 Å². The Bertz CT molecular complexity index is 316. The summed E-state index contributed by atoms with van der Waals surface area (Å²) in [6.45, 7) is 7.41. The average molecular weight is 290 g/mol. The van der Waals surface area contributed by atoms with Gasteiger partial charge in [0.2, 0.25) is 5.91 Å². The number of carboxylic acids is 2. The summed E-state index contributed by atoms with van der Waals surface area (Å²) in [4.78, 5) is 30.9. The molecule has 5 N–H and O–H groups in total. The fourth-order valence-electron chi connectivity index (χ4n) is 1.23. The second-order valence-corrected chi connectivity index (χ2v) is 5.34. The highest BCUT2D eigenvalue weighted by atomic mass is 16.4. The lowest BCUT2D eigenvalue weighted by Gasteiger charge is -2.07. The van der Waals surface area contributed by atoms with Crippen molar-refractivity contribution in [3.8, 4) is 0 Å². The first kappa shape index (κ1) is 20.7. The van der Waals surface area contributed by atoms with Gasteiger partial charge in [-0.1, -0.05) is 27.7 Å². The van der Waals surface area contributed by atoms with E-state index in [-0.39, 0.29) is 18.4 Å². The average Bonchev–Trinajstić information content (AvgIpc) is 2.25. The Labute approximate surface area is 119 Å². The molecule has 7 nitrogen and oxygen atoms in total. The second-order valence-electron chi connectivity index (χ2n) is 5.34. The molecule has 20 heavy (non-hydrogen) atoms. The zero-order valence-corrected chi connectivity index (χ0v) is 12.5. The predicted molar refractivity (Wildman–Crippen MR) is 75.2 cm³/mol. The second kappa shape index (κ2) is 11.2. The smallest absolute Gasteiger partial charge is 0.322 e. The Hall–Kier alpha value is -1.63. The maximum absolute atomic E-state index is 10.8. The lowest BCUT2D eigenvalue weighted by Crippen LogP contribution is -2.31. The topological polar surface area (TPSA) is 130 Å². The molecule has 7 heteroatoms. The summed E-state index contributed by atoms with van der Waals surface area (Å²) in [6.07, 6.45) is 0.933. The van der Waals surface area contributed by atoms with Gasteiger partial charge < -0.3 is 21.3 Å². The van der Waals surface area contributed by atoms with Crippen LogP contribution < -0.4 is 11.1 Å². The number of hydrogen-bond donors (Lipinski definition) is 4. The van der Waals surface area contributed by atoms with Crippen molar-refractivity contribution < 1.29 is 24.6 Å². The Balaban J connectivity index is 0. The van der Waals surface area contributed by atoms with E-state index in [1.165, 1.54) is 0 Å². The molecule has 0 radical (unpaired) electrons. The summed E-state index contributed by atoms with van der Waals surface area (Å²) in [5.74, 6) is -1.51. The van der Waals surface area contributed by atoms with Crippen molar-refractivity contribution in [2.45, 2.75) is 46.6 Å². The van der Waals surface area contributed by atoms with Gasteiger partial charge in [0.05, 0.1) is 0 Å². The molecule has 118 valence electrons. The number of amides is 1. The van der Waals surface area contributed by atoms with E-state index in [4.69, 9.17) is 15.9 Å². The van der Waals surface area contributed by atoms with Crippen molar-refractivity contribution in [3.05, 3.63) is 0 Å². The third-order valence-electron chi connectivity index (χ3n) is 2.07. The molecule has 1 atom stereocenters. The summed E-state index contributed by atoms with van der Waals surface area (Å²) >= 11 is 0. The van der Waals surface area contributed by atoms with E-state index < -0.39 is 18.0 Å². The molecule has 0 aromatic carbocycles. The summed E-state index contributed by atoms with van der Waals surface area (Å²) in [5, 5.41) is 18.8. The molecule has 0 aromatic heterocycles. The minimum Gasteiger partial charge on any atom is -0.480 e. The maximum atomic E-state index is 10.8. The quantitative estimate of drug-likeness (QED) is 0.545. The molecule has 0 saturated carbocycles. The van der Waals surface area contributed by atoms with Crippen LogP contribution in [0.15, 0.2) is 0 Å². The van der Waals surface area contributed by atoms with Crippen LogP contribution in [0.5, 0.6) is 0 Å². The van der Waals surface area contributed by atoms with Crippen LogP contribution in [0.3, 0.4) is 0 Å². The van der Waals surface area contributed by atoms with Gasteiger partial charge >= 0.3 is 11.9 Å². The Morgan fingerprint density at radius 2 is 1.55 bits per heavy atom. The van der Waals surface area contributed by atoms with Gasteiger partial charge in [-0.25, -0.2) is 0 Å². The molecule has 0 spiro atoms. The van der Waals surface area contributed by atoms with Crippen molar-refractivity contribution in [3.63, 3.8) is 0 Å². The van der Waals surface area contributed by atoms with Crippen molar-refractivity contribution in [1.82, 2.24) is 5.32 Å². The Morgan fingerprint density at radius 1 is 1.05 bits per heavy atom. The number of aliphatic carboxylic acids is 2. The summed E-state index contributed by atoms with van der Waals surface area (Å²) < 4.78 is 0. The standard InChI is InChI=1S/C7H13NO3.C6H13NO2/c1-5(2)3-6(9)8-4-7(10)11;1-4(2)3-5(7)6(8)9/h5H,3-4H2,1-2H3,(H,8,9)(H,10,11);4-5H,3,7H2,1-2H3,(H,8,9). The molecule has 1 unspecified atom stereocenters. The molecule has 0 aliphatic heterocycles. The Morgan fingerprint density at radius 3 is 1.80 bits per heavy atom. The summed E-state index contributed by atoms with van der Waals surface area (Å²) in [5.41, 5.74) is 5.22. The highest BCUT2D eigenvalue weighted by Gasteiger charge is 2.11. The van der Waals surface area contributed by atoms with E-state index in [0.717, 1.165) is 0 Å². The van der Waals surface area contributed by atoms with E-state index in [2.05, 4.69) is 5.32 Å². The lowest BCUT2D eigenvalue weighted by atomic mass is 10.1. The van der Waals surface area contributed by atoms with Gasteiger partial charge in [0, 0.05) is 6.42 Å². The molecular weight excluding hydrogens is 264 g/mol. The normalized spacial score (nSPS) is 11.6. The monoisotopic (exact) mass is 290 g/mol. The lowest BCUT2D eigenvalue weighted by molar-refractivity contribution is -0.139. The molecule has 1 amide bonds. The zero-order valence-electron chi connectivity index (χ0n) is 12.5. The van der Waals surface area contributed by atoms with Crippen molar-refractivity contribution >= 4 is 17.8 Å². The summed E-state index contributed by atoms with van der Waals surface area (Å²) in [7, 11) is 0. The van der Waals surface area contributed by atoms with E-state index in [1.807, 2.05) is 27.7 Å². The van der Waals surface area contributed by atoms with Gasteiger partial charge in [0.1, 0.15) is 12.6 Å². The first-order valence-corrected chi connectivity index (χ1v) is 6.53. The van der Waals surface area contributed by atoms with Crippen molar-refractivity contribution in [2.75, 3.05) is 6.54 Å². The van der Waals surface area contributed by atoms with Crippen LogP contribution in [0.4, 0.5) is 0 Å². The fourth-order valence-corrected chi connectivity index (χ4v) is 1.23. The number of carboxylic acid groups (broad SMARTS) is 2. The van der Waals surface area contributed by atoms with Crippen LogP contribution >= 0.6 is 0 Å². The van der Waals surface area contributed by atoms with Crippen LogP contribution in [0.1, 0.15) is 40.5 Å². The first-order valence-electron chi connectivity index (χ1n) is 6.53. The molecule has 0 heterocycles. The number of carbonyl (C=O) groups excluding carboxylic acids is 1. The number of rotatable bonds is 7. The largest absolute Gasteiger partial charge is 0.480 e. The number of nitrogens with one attached hydrogen (secondary N) is 1. The van der Waals surface area contributed by atoms with Gasteiger partial charge in [0.15, 0.2) is 0 Å². The highest BCUT2D eigenvalue weighted by Crippen LogP contribution is 2.01. The fraction of sp³-hybridized carbons (Fsp3) is 0.769. The Kier molecular flexibility index (Phi) is 11.6. The van der Waals surface area contributed by atoms with Gasteiger partial charge in [-0.3, -0.25) is 14.4 Å². The third kappa shape index (κ3) is 16.4. The zero-order chi connectivity index (χ0) is 16.3. The molecule has 0 aromatic rings. The minimum atomic E-state index is -1.01. The molecule has 0 bridgehead atoms. The van der Waals surface area contributed by atoms with E-state index >= 15 is 0 Å². The third-order valence-corrected chi connectivity index (χ3v) is 2.07. The van der Waals surface area contributed by atoms with Crippen LogP contribution in [0, 0.1) is 11.8 Å². The van der Waals surface area contributed by atoms with Gasteiger partial charge in [0.25, 0.3) is 0 Å². The molecule has 0 fully saturated rings. The van der Waals surface area contributed by atoms with Crippen LogP contribution in [-0.4, -0.2) is 40.6 Å². The van der Waals surface area contributed by atoms with E-state index in [0.29, 0.717) is 18.8 Å². The number of hydrogen-bond acceptors (Lipinski definition) is 4. The number of nitrogens with two attached hydrogens (primary N) is 1. The van der Waals surface area contributed by atoms with Crippen molar-refractivity contribution in [2.24, 2.45) is 17.6 Å². The molecular formula is C13H26N2O5. The molecule has 0 rings (SSSR count). The molecule has 0 aliphatic carbocycles. The van der Waals surface area contributed by atoms with Crippen LogP contribution in [-0.2, 0) is 14.4 Å². The summed E-state index contributed by atoms with van der Waals surface area (Å²) in [6, 6.07) is -0.690. The highest BCUT2D eigenvalue weighted by molar-refractivity contribution is 5.81. The van der Waals surface area contributed by atoms with Gasteiger partial charge in [-0.2, -0.15) is 0 Å². The van der Waals surface area contributed by atoms with Crippen LogP contribution in [0.2, 0.25) is 0 Å². The van der Waals surface area contributed by atoms with Crippen molar-refractivity contribution in [1.29, 1.82) is 0 Å². The van der Waals surface area contributed by atoms with E-state index in [1.54, 1.807) is 0 Å². The molecule has 0 aliphatic rings.